The molecule has 2 nitrogen and oxygen atoms in total. The smallest absolute Gasteiger partial charge is 0.872 e. The minimum absolute atomic E-state index is 0. The van der Waals surface area contributed by atoms with E-state index < -0.39 is 0 Å². The van der Waals surface area contributed by atoms with Crippen LogP contribution in [0.2, 0.25) is 0 Å². The Hall–Kier alpha value is -3.00. The average molecular weight is 393 g/mol. The summed E-state index contributed by atoms with van der Waals surface area (Å²) in [6.07, 6.45) is 0. The van der Waals surface area contributed by atoms with E-state index in [0.717, 1.165) is 22.3 Å². The molecule has 0 aromatic heterocycles. The zero-order valence-corrected chi connectivity index (χ0v) is 15.8. The Morgan fingerprint density at radius 1 is 0.370 bits per heavy atom. The summed E-state index contributed by atoms with van der Waals surface area (Å²) in [6.45, 7) is 0. The molecule has 0 amide bonds. The Kier molecular flexibility index (Phi) is 7.69. The molecule has 4 aromatic carbocycles. The molecule has 0 bridgehead atoms. The second kappa shape index (κ2) is 10.2. The molecule has 0 aliphatic rings. The molecule has 3 heteroatoms. The van der Waals surface area contributed by atoms with Gasteiger partial charge in [0.25, 0.3) is 0 Å². The van der Waals surface area contributed by atoms with E-state index in [4.69, 9.17) is 0 Å². The van der Waals surface area contributed by atoms with Gasteiger partial charge in [-0.25, -0.2) is 0 Å². The van der Waals surface area contributed by atoms with Crippen LogP contribution in [0.1, 0.15) is 0 Å². The third-order valence-corrected chi connectivity index (χ3v) is 3.94. The van der Waals surface area contributed by atoms with Gasteiger partial charge >= 0.3 is 17.1 Å². The molecule has 1 radical (unpaired) electrons. The van der Waals surface area contributed by atoms with Crippen LogP contribution in [0.5, 0.6) is 11.5 Å². The molecular weight excluding hydrogens is 375 g/mol. The summed E-state index contributed by atoms with van der Waals surface area (Å²) in [6, 6.07) is 33.5. The molecule has 0 unspecified atom stereocenters. The fraction of sp³-hybridized carbons (Fsp3) is 0. The van der Waals surface area contributed by atoms with Crippen molar-refractivity contribution < 1.29 is 27.3 Å². The molecule has 0 saturated heterocycles. The molecular formula is C24H18MnO2. The molecule has 4 aromatic rings. The quantitative estimate of drug-likeness (QED) is 0.457. The monoisotopic (exact) mass is 393 g/mol. The molecule has 0 fully saturated rings. The van der Waals surface area contributed by atoms with Crippen LogP contribution < -0.4 is 10.2 Å². The molecule has 0 spiro atoms. The van der Waals surface area contributed by atoms with E-state index in [1.54, 1.807) is 24.3 Å². The Labute approximate surface area is 170 Å². The molecule has 0 heterocycles. The van der Waals surface area contributed by atoms with E-state index >= 15 is 0 Å². The maximum Gasteiger partial charge on any atom is 2.00 e. The molecule has 4 rings (SSSR count). The van der Waals surface area contributed by atoms with Crippen molar-refractivity contribution in [2.75, 3.05) is 0 Å². The van der Waals surface area contributed by atoms with Crippen molar-refractivity contribution in [3.63, 3.8) is 0 Å². The second-order valence-corrected chi connectivity index (χ2v) is 5.72. The Balaban J connectivity index is 0.000000187. The number of rotatable bonds is 2. The fourth-order valence-corrected chi connectivity index (χ4v) is 2.65. The van der Waals surface area contributed by atoms with Gasteiger partial charge < -0.3 is 10.2 Å². The fourth-order valence-electron chi connectivity index (χ4n) is 2.65. The molecule has 27 heavy (non-hydrogen) atoms. The Bertz CT molecular complexity index is 873. The topological polar surface area (TPSA) is 46.1 Å². The Morgan fingerprint density at radius 2 is 0.667 bits per heavy atom. The van der Waals surface area contributed by atoms with E-state index in [1.165, 1.54) is 0 Å². The standard InChI is InChI=1S/2C12H10O.Mn/c2*13-12-9-5-4-8-11(12)10-6-2-1-3-7-10;/h2*1-9,13H;/q;;+2/p-2. The number of benzene rings is 4. The van der Waals surface area contributed by atoms with E-state index in [-0.39, 0.29) is 28.6 Å². The zero-order chi connectivity index (χ0) is 18.2. The number of para-hydroxylation sites is 2. The van der Waals surface area contributed by atoms with Gasteiger partial charge in [-0.2, -0.15) is 0 Å². The van der Waals surface area contributed by atoms with E-state index in [9.17, 15) is 10.2 Å². The summed E-state index contributed by atoms with van der Waals surface area (Å²) >= 11 is 0. The van der Waals surface area contributed by atoms with Crippen LogP contribution in [0.3, 0.4) is 0 Å². The van der Waals surface area contributed by atoms with Gasteiger partial charge in [0.2, 0.25) is 0 Å². The molecule has 0 N–H and O–H groups in total. The molecule has 133 valence electrons. The molecule has 0 aliphatic carbocycles. The van der Waals surface area contributed by atoms with Crippen LogP contribution in [-0.2, 0) is 17.1 Å². The summed E-state index contributed by atoms with van der Waals surface area (Å²) in [4.78, 5) is 0. The van der Waals surface area contributed by atoms with Gasteiger partial charge in [0.05, 0.1) is 0 Å². The van der Waals surface area contributed by atoms with Gasteiger partial charge in [-0.3, -0.25) is 0 Å². The first-order valence-corrected chi connectivity index (χ1v) is 8.38. The largest absolute Gasteiger partial charge is 2.00 e. The van der Waals surface area contributed by atoms with Crippen LogP contribution in [0.4, 0.5) is 0 Å². The van der Waals surface area contributed by atoms with Crippen LogP contribution in [-0.4, -0.2) is 0 Å². The maximum atomic E-state index is 11.4. The maximum absolute atomic E-state index is 11.4. The summed E-state index contributed by atoms with van der Waals surface area (Å²) in [5.41, 5.74) is 3.49. The van der Waals surface area contributed by atoms with Crippen molar-refractivity contribution in [3.8, 4) is 33.8 Å². The minimum Gasteiger partial charge on any atom is -0.872 e. The van der Waals surface area contributed by atoms with Gasteiger partial charge in [-0.05, 0) is 22.3 Å². The SMILES string of the molecule is [Mn+2].[O-]c1ccccc1-c1ccccc1.[O-]c1ccccc1-c1ccccc1. The first-order valence-electron chi connectivity index (χ1n) is 8.38. The summed E-state index contributed by atoms with van der Waals surface area (Å²) in [5, 5.41) is 22.8. The third kappa shape index (κ3) is 5.49. The summed E-state index contributed by atoms with van der Waals surface area (Å²) < 4.78 is 0. The predicted octanol–water partition coefficient (Wildman–Crippen LogP) is 4.85. The van der Waals surface area contributed by atoms with Gasteiger partial charge in [0.1, 0.15) is 0 Å². The van der Waals surface area contributed by atoms with Crippen molar-refractivity contribution in [2.24, 2.45) is 0 Å². The third-order valence-electron chi connectivity index (χ3n) is 3.94. The Morgan fingerprint density at radius 3 is 1.00 bits per heavy atom. The first kappa shape index (κ1) is 20.3. The molecule has 0 saturated carbocycles. The van der Waals surface area contributed by atoms with Gasteiger partial charge in [-0.15, -0.1) is 11.5 Å². The van der Waals surface area contributed by atoms with E-state index in [2.05, 4.69) is 0 Å². The predicted molar refractivity (Wildman–Crippen MR) is 103 cm³/mol. The molecule has 0 aliphatic heterocycles. The number of hydrogen-bond acceptors (Lipinski definition) is 2. The summed E-state index contributed by atoms with van der Waals surface area (Å²) in [5.74, 6) is 0.155. The second-order valence-electron chi connectivity index (χ2n) is 5.72. The zero-order valence-electron chi connectivity index (χ0n) is 14.6. The van der Waals surface area contributed by atoms with E-state index in [1.807, 2.05) is 84.9 Å². The number of hydrogen-bond donors (Lipinski definition) is 0. The van der Waals surface area contributed by atoms with Crippen molar-refractivity contribution >= 4 is 0 Å². The van der Waals surface area contributed by atoms with Crippen LogP contribution >= 0.6 is 0 Å². The molecule has 0 atom stereocenters. The van der Waals surface area contributed by atoms with Gasteiger partial charge in [-0.1, -0.05) is 109 Å². The van der Waals surface area contributed by atoms with Crippen molar-refractivity contribution in [2.45, 2.75) is 0 Å². The summed E-state index contributed by atoms with van der Waals surface area (Å²) in [7, 11) is 0. The van der Waals surface area contributed by atoms with Crippen LogP contribution in [0.15, 0.2) is 109 Å². The van der Waals surface area contributed by atoms with E-state index in [0.29, 0.717) is 0 Å². The minimum atomic E-state index is 0. The van der Waals surface area contributed by atoms with Crippen molar-refractivity contribution in [1.29, 1.82) is 0 Å². The normalized spacial score (nSPS) is 9.48. The van der Waals surface area contributed by atoms with Gasteiger partial charge in [0, 0.05) is 0 Å². The van der Waals surface area contributed by atoms with Crippen LogP contribution in [0.25, 0.3) is 22.3 Å². The van der Waals surface area contributed by atoms with Crippen molar-refractivity contribution in [1.82, 2.24) is 0 Å². The first-order chi connectivity index (χ1) is 12.8. The van der Waals surface area contributed by atoms with Crippen LogP contribution in [0, 0.1) is 0 Å². The van der Waals surface area contributed by atoms with Crippen molar-refractivity contribution in [3.05, 3.63) is 109 Å². The average Bonchev–Trinajstić information content (AvgIpc) is 2.71. The van der Waals surface area contributed by atoms with Gasteiger partial charge in [0.15, 0.2) is 0 Å².